The van der Waals surface area contributed by atoms with E-state index < -0.39 is 5.97 Å². The number of benzene rings is 3. The number of amides is 1. The molecule has 0 atom stereocenters. The van der Waals surface area contributed by atoms with Crippen LogP contribution in [0.4, 0.5) is 5.69 Å². The van der Waals surface area contributed by atoms with Gasteiger partial charge in [-0.15, -0.1) is 0 Å². The van der Waals surface area contributed by atoms with Crippen LogP contribution in [0.2, 0.25) is 0 Å². The summed E-state index contributed by atoms with van der Waals surface area (Å²) >= 11 is 1.37. The number of carboxylic acid groups (broad SMARTS) is 1. The third-order valence-electron chi connectivity index (χ3n) is 5.68. The number of amidine groups is 1. The second-order valence-corrected chi connectivity index (χ2v) is 9.36. The molecule has 8 heteroatoms. The minimum Gasteiger partial charge on any atom is -0.493 e. The van der Waals surface area contributed by atoms with E-state index in [1.54, 1.807) is 42.3 Å². The van der Waals surface area contributed by atoms with Crippen molar-refractivity contribution in [1.82, 2.24) is 4.90 Å². The second kappa shape index (κ2) is 12.3. The van der Waals surface area contributed by atoms with Gasteiger partial charge in [-0.25, -0.2) is 9.79 Å². The van der Waals surface area contributed by atoms with Crippen molar-refractivity contribution >= 4 is 40.6 Å². The van der Waals surface area contributed by atoms with Gasteiger partial charge < -0.3 is 14.6 Å². The van der Waals surface area contributed by atoms with Gasteiger partial charge in [-0.2, -0.15) is 0 Å². The van der Waals surface area contributed by atoms with Crippen molar-refractivity contribution < 1.29 is 24.2 Å². The molecule has 1 fully saturated rings. The number of carbonyl (C=O) groups is 2. The summed E-state index contributed by atoms with van der Waals surface area (Å²) in [5, 5.41) is 9.72. The SMILES string of the molecule is CCCCN1C(=O)/C(=C/c2ccc(OCc3ccc(C(=O)O)cc3)c(OC)c2)SC1=Nc1ccccc1. The molecule has 1 aliphatic rings. The van der Waals surface area contributed by atoms with Crippen LogP contribution < -0.4 is 9.47 Å². The molecular weight excluding hydrogens is 488 g/mol. The van der Waals surface area contributed by atoms with Gasteiger partial charge in [-0.3, -0.25) is 9.69 Å². The van der Waals surface area contributed by atoms with E-state index in [1.165, 1.54) is 11.8 Å². The van der Waals surface area contributed by atoms with Crippen LogP contribution in [-0.2, 0) is 11.4 Å². The van der Waals surface area contributed by atoms with Crippen molar-refractivity contribution in [2.75, 3.05) is 13.7 Å². The van der Waals surface area contributed by atoms with E-state index in [2.05, 4.69) is 6.92 Å². The molecule has 0 saturated carbocycles. The summed E-state index contributed by atoms with van der Waals surface area (Å²) in [6, 6.07) is 21.6. The first kappa shape index (κ1) is 26.0. The molecule has 3 aromatic rings. The summed E-state index contributed by atoms with van der Waals surface area (Å²) in [5.74, 6) is 0.0585. The molecule has 0 aromatic heterocycles. The molecule has 4 rings (SSSR count). The molecule has 7 nitrogen and oxygen atoms in total. The van der Waals surface area contributed by atoms with Crippen LogP contribution in [0.1, 0.15) is 41.3 Å². The summed E-state index contributed by atoms with van der Waals surface area (Å²) < 4.78 is 11.4. The van der Waals surface area contributed by atoms with Crippen LogP contribution >= 0.6 is 11.8 Å². The van der Waals surface area contributed by atoms with Gasteiger partial charge in [0.2, 0.25) is 0 Å². The number of nitrogens with zero attached hydrogens (tertiary/aromatic N) is 2. The maximum absolute atomic E-state index is 13.2. The molecule has 3 aromatic carbocycles. The first-order chi connectivity index (χ1) is 18.0. The Hall–Kier alpha value is -4.04. The van der Waals surface area contributed by atoms with Crippen molar-refractivity contribution in [3.63, 3.8) is 0 Å². The Labute approximate surface area is 220 Å². The van der Waals surface area contributed by atoms with Gasteiger partial charge >= 0.3 is 5.97 Å². The minimum absolute atomic E-state index is 0.0581. The van der Waals surface area contributed by atoms with Gasteiger partial charge in [0.25, 0.3) is 5.91 Å². The van der Waals surface area contributed by atoms with Crippen LogP contribution in [0.25, 0.3) is 6.08 Å². The van der Waals surface area contributed by atoms with Gasteiger partial charge in [-0.1, -0.05) is 49.7 Å². The first-order valence-corrected chi connectivity index (χ1v) is 12.8. The fraction of sp³-hybridized carbons (Fsp3) is 0.207. The van der Waals surface area contributed by atoms with Crippen LogP contribution in [0, 0.1) is 0 Å². The molecule has 1 aliphatic heterocycles. The molecule has 190 valence electrons. The van der Waals surface area contributed by atoms with Crippen molar-refractivity contribution in [2.45, 2.75) is 26.4 Å². The number of hydrogen-bond donors (Lipinski definition) is 1. The zero-order valence-electron chi connectivity index (χ0n) is 20.7. The molecule has 0 bridgehead atoms. The Bertz CT molecular complexity index is 1320. The van der Waals surface area contributed by atoms with Crippen LogP contribution in [-0.4, -0.2) is 40.7 Å². The zero-order valence-corrected chi connectivity index (χ0v) is 21.5. The number of aromatic carboxylic acids is 1. The molecule has 0 aliphatic carbocycles. The Kier molecular flexibility index (Phi) is 8.64. The number of hydrogen-bond acceptors (Lipinski definition) is 6. The van der Waals surface area contributed by atoms with E-state index in [-0.39, 0.29) is 18.1 Å². The molecule has 1 saturated heterocycles. The highest BCUT2D eigenvalue weighted by atomic mass is 32.2. The molecule has 37 heavy (non-hydrogen) atoms. The standard InChI is InChI=1S/C29H28N2O5S/c1-3-4-16-31-27(32)26(37-29(31)30-23-8-6-5-7-9-23)18-21-12-15-24(25(17-21)35-2)36-19-20-10-13-22(14-11-20)28(33)34/h5-15,17-18H,3-4,16,19H2,1-2H3,(H,33,34)/b26-18-,30-29?. The molecule has 0 spiro atoms. The summed E-state index contributed by atoms with van der Waals surface area (Å²) in [5.41, 5.74) is 2.68. The highest BCUT2D eigenvalue weighted by Gasteiger charge is 2.33. The largest absolute Gasteiger partial charge is 0.493 e. The van der Waals surface area contributed by atoms with E-state index in [4.69, 9.17) is 19.6 Å². The molecule has 1 amide bonds. The Morgan fingerprint density at radius 3 is 2.49 bits per heavy atom. The maximum Gasteiger partial charge on any atom is 0.335 e. The number of thioether (sulfide) groups is 1. The van der Waals surface area contributed by atoms with Gasteiger partial charge in [0, 0.05) is 6.54 Å². The lowest BCUT2D eigenvalue weighted by Gasteiger charge is -2.14. The normalized spacial score (nSPS) is 15.4. The van der Waals surface area contributed by atoms with E-state index in [9.17, 15) is 9.59 Å². The predicted octanol–water partition coefficient (Wildman–Crippen LogP) is 6.38. The number of carbonyl (C=O) groups excluding carboxylic acids is 1. The predicted molar refractivity (Wildman–Crippen MR) is 146 cm³/mol. The maximum atomic E-state index is 13.2. The Balaban J connectivity index is 1.52. The molecule has 0 unspecified atom stereocenters. The quantitative estimate of drug-likeness (QED) is 0.315. The van der Waals surface area contributed by atoms with Gasteiger partial charge in [0.1, 0.15) is 6.61 Å². The van der Waals surface area contributed by atoms with Gasteiger partial charge in [-0.05, 0) is 71.8 Å². The summed E-state index contributed by atoms with van der Waals surface area (Å²) in [6.07, 6.45) is 3.72. The first-order valence-electron chi connectivity index (χ1n) is 12.0. The van der Waals surface area contributed by atoms with Crippen molar-refractivity contribution in [3.8, 4) is 11.5 Å². The van der Waals surface area contributed by atoms with E-state index >= 15 is 0 Å². The topological polar surface area (TPSA) is 88.4 Å². The number of rotatable bonds is 10. The number of methoxy groups -OCH3 is 1. The van der Waals surface area contributed by atoms with E-state index in [0.29, 0.717) is 28.1 Å². The molecule has 0 radical (unpaired) electrons. The molecular formula is C29H28N2O5S. The summed E-state index contributed by atoms with van der Waals surface area (Å²) in [4.78, 5) is 31.3. The fourth-order valence-electron chi connectivity index (χ4n) is 3.67. The van der Waals surface area contributed by atoms with Gasteiger partial charge in [0.15, 0.2) is 16.7 Å². The Morgan fingerprint density at radius 2 is 1.81 bits per heavy atom. The monoisotopic (exact) mass is 516 g/mol. The number of para-hydroxylation sites is 1. The molecule has 1 N–H and O–H groups in total. The number of unbranched alkanes of at least 4 members (excludes halogenated alkanes) is 1. The van der Waals surface area contributed by atoms with Crippen molar-refractivity contribution in [3.05, 3.63) is 94.4 Å². The zero-order chi connectivity index (χ0) is 26.2. The van der Waals surface area contributed by atoms with Crippen LogP contribution in [0.15, 0.2) is 82.7 Å². The number of aliphatic imine (C=N–C) groups is 1. The highest BCUT2D eigenvalue weighted by Crippen LogP contribution is 2.36. The smallest absolute Gasteiger partial charge is 0.335 e. The van der Waals surface area contributed by atoms with Gasteiger partial charge in [0.05, 0.1) is 23.3 Å². The fourth-order valence-corrected chi connectivity index (χ4v) is 4.69. The average Bonchev–Trinajstić information content (AvgIpc) is 3.20. The number of ether oxygens (including phenoxy) is 2. The third-order valence-corrected chi connectivity index (χ3v) is 6.69. The minimum atomic E-state index is -0.968. The van der Waals surface area contributed by atoms with E-state index in [1.807, 2.05) is 48.5 Å². The highest BCUT2D eigenvalue weighted by molar-refractivity contribution is 8.18. The van der Waals surface area contributed by atoms with E-state index in [0.717, 1.165) is 29.7 Å². The lowest BCUT2D eigenvalue weighted by Crippen LogP contribution is -2.30. The second-order valence-electron chi connectivity index (χ2n) is 8.35. The van der Waals surface area contributed by atoms with Crippen LogP contribution in [0.5, 0.6) is 11.5 Å². The molecule has 1 heterocycles. The Morgan fingerprint density at radius 1 is 1.05 bits per heavy atom. The van der Waals surface area contributed by atoms with Crippen LogP contribution in [0.3, 0.4) is 0 Å². The summed E-state index contributed by atoms with van der Waals surface area (Å²) in [7, 11) is 1.56. The van der Waals surface area contributed by atoms with Crippen molar-refractivity contribution in [1.29, 1.82) is 0 Å². The average molecular weight is 517 g/mol. The number of carboxylic acids is 1. The third kappa shape index (κ3) is 6.59. The lowest BCUT2D eigenvalue weighted by molar-refractivity contribution is -0.122. The van der Waals surface area contributed by atoms with Crippen molar-refractivity contribution in [2.24, 2.45) is 4.99 Å². The summed E-state index contributed by atoms with van der Waals surface area (Å²) in [6.45, 7) is 2.98. The lowest BCUT2D eigenvalue weighted by atomic mass is 10.1.